The first kappa shape index (κ1) is 11.1. The first-order valence-electron chi connectivity index (χ1n) is 2.60. The molecule has 0 aromatic carbocycles. The third kappa shape index (κ3) is 9.51. The second kappa shape index (κ2) is 7.21. The lowest BCUT2D eigenvalue weighted by atomic mass is 10.3. The first-order valence-corrected chi connectivity index (χ1v) is 2.60. The van der Waals surface area contributed by atoms with Crippen molar-refractivity contribution in [2.24, 2.45) is 0 Å². The molecule has 0 fully saturated rings. The summed E-state index contributed by atoms with van der Waals surface area (Å²) in [6.45, 7) is 2.69. The lowest BCUT2D eigenvalue weighted by molar-refractivity contribution is 0.184. The van der Waals surface area contributed by atoms with Crippen LogP contribution >= 0.6 is 12.4 Å². The number of halogens is 1. The van der Waals surface area contributed by atoms with Gasteiger partial charge in [-0.2, -0.15) is 0 Å². The molecule has 0 aliphatic rings. The van der Waals surface area contributed by atoms with Gasteiger partial charge < -0.3 is 10.4 Å². The molecule has 52 valence electrons. The van der Waals surface area contributed by atoms with E-state index >= 15 is 0 Å². The fourth-order valence-corrected chi connectivity index (χ4v) is 0.353. The Hall–Kier alpha value is 0.210. The molecule has 0 aromatic heterocycles. The van der Waals surface area contributed by atoms with Gasteiger partial charge in [0.15, 0.2) is 0 Å². The number of hydrogen-bond acceptors (Lipinski definition) is 2. The van der Waals surface area contributed by atoms with Crippen molar-refractivity contribution in [2.75, 3.05) is 13.6 Å². The van der Waals surface area contributed by atoms with E-state index in [2.05, 4.69) is 5.32 Å². The van der Waals surface area contributed by atoms with E-state index in [0.717, 1.165) is 13.0 Å². The predicted molar refractivity (Wildman–Crippen MR) is 37.5 cm³/mol. The fraction of sp³-hybridized carbons (Fsp3) is 1.00. The Balaban J connectivity index is 0. The predicted octanol–water partition coefficient (Wildman–Crippen LogP) is 0.398. The van der Waals surface area contributed by atoms with Crippen LogP contribution in [0.5, 0.6) is 0 Å². The highest BCUT2D eigenvalue weighted by atomic mass is 35.5. The molecule has 8 heavy (non-hydrogen) atoms. The molecule has 0 spiro atoms. The van der Waals surface area contributed by atoms with E-state index in [9.17, 15) is 0 Å². The highest BCUT2D eigenvalue weighted by molar-refractivity contribution is 5.85. The van der Waals surface area contributed by atoms with Crippen molar-refractivity contribution in [1.82, 2.24) is 5.32 Å². The summed E-state index contributed by atoms with van der Waals surface area (Å²) in [5, 5.41) is 11.6. The molecule has 0 aliphatic carbocycles. The largest absolute Gasteiger partial charge is 0.393 e. The minimum atomic E-state index is -0.160. The van der Waals surface area contributed by atoms with Crippen molar-refractivity contribution in [3.05, 3.63) is 0 Å². The van der Waals surface area contributed by atoms with Crippen LogP contribution < -0.4 is 5.32 Å². The van der Waals surface area contributed by atoms with E-state index in [1.54, 1.807) is 6.92 Å². The Morgan fingerprint density at radius 1 is 1.62 bits per heavy atom. The van der Waals surface area contributed by atoms with E-state index in [4.69, 9.17) is 5.11 Å². The number of rotatable bonds is 3. The zero-order valence-corrected chi connectivity index (χ0v) is 6.16. The number of nitrogens with one attached hydrogen (secondary N) is 1. The number of hydrogen-bond donors (Lipinski definition) is 2. The lowest BCUT2D eigenvalue weighted by Gasteiger charge is -1.99. The molecule has 0 bridgehead atoms. The average molecular weight is 140 g/mol. The molecule has 0 radical (unpaired) electrons. The molecule has 0 amide bonds. The quantitative estimate of drug-likeness (QED) is 0.594. The Morgan fingerprint density at radius 2 is 2.12 bits per heavy atom. The molecule has 0 rings (SSSR count). The summed E-state index contributed by atoms with van der Waals surface area (Å²) >= 11 is 0. The SMILES string of the molecule is CNCCC(C)O.Cl. The summed E-state index contributed by atoms with van der Waals surface area (Å²) in [4.78, 5) is 0. The van der Waals surface area contributed by atoms with Crippen LogP contribution in [0, 0.1) is 0 Å². The summed E-state index contributed by atoms with van der Waals surface area (Å²) < 4.78 is 0. The van der Waals surface area contributed by atoms with Crippen LogP contribution in [0.4, 0.5) is 0 Å². The van der Waals surface area contributed by atoms with Gasteiger partial charge in [0, 0.05) is 0 Å². The summed E-state index contributed by atoms with van der Waals surface area (Å²) in [5.74, 6) is 0. The fourth-order valence-electron chi connectivity index (χ4n) is 0.353. The standard InChI is InChI=1S/C5H13NO.ClH/c1-5(7)3-4-6-2;/h5-7H,3-4H2,1-2H3;1H. The molecule has 0 saturated heterocycles. The van der Waals surface area contributed by atoms with Crippen LogP contribution in [0.3, 0.4) is 0 Å². The first-order chi connectivity index (χ1) is 3.27. The molecule has 2 nitrogen and oxygen atoms in total. The van der Waals surface area contributed by atoms with Crippen LogP contribution in [-0.4, -0.2) is 24.8 Å². The van der Waals surface area contributed by atoms with Crippen LogP contribution in [0.25, 0.3) is 0 Å². The molecule has 1 unspecified atom stereocenters. The molecule has 3 heteroatoms. The van der Waals surface area contributed by atoms with E-state index < -0.39 is 0 Å². The van der Waals surface area contributed by atoms with Gasteiger partial charge in [-0.05, 0) is 26.9 Å². The van der Waals surface area contributed by atoms with Gasteiger partial charge in [0.05, 0.1) is 6.10 Å². The van der Waals surface area contributed by atoms with Gasteiger partial charge in [-0.15, -0.1) is 12.4 Å². The maximum Gasteiger partial charge on any atom is 0.0524 e. The topological polar surface area (TPSA) is 32.3 Å². The Morgan fingerprint density at radius 3 is 2.25 bits per heavy atom. The summed E-state index contributed by atoms with van der Waals surface area (Å²) in [6, 6.07) is 0. The minimum Gasteiger partial charge on any atom is -0.393 e. The maximum absolute atomic E-state index is 8.64. The third-order valence-corrected chi connectivity index (χ3v) is 0.812. The van der Waals surface area contributed by atoms with Gasteiger partial charge in [0.25, 0.3) is 0 Å². The molecule has 0 saturated carbocycles. The van der Waals surface area contributed by atoms with Gasteiger partial charge in [0.1, 0.15) is 0 Å². The smallest absolute Gasteiger partial charge is 0.0524 e. The van der Waals surface area contributed by atoms with Gasteiger partial charge in [-0.3, -0.25) is 0 Å². The van der Waals surface area contributed by atoms with Crippen molar-refractivity contribution in [3.63, 3.8) is 0 Å². The minimum absolute atomic E-state index is 0. The Bertz CT molecular complexity index is 41.4. The molecule has 0 aliphatic heterocycles. The summed E-state index contributed by atoms with van der Waals surface area (Å²) in [6.07, 6.45) is 0.684. The van der Waals surface area contributed by atoms with Crippen LogP contribution in [-0.2, 0) is 0 Å². The summed E-state index contributed by atoms with van der Waals surface area (Å²) in [5.41, 5.74) is 0. The molecule has 1 atom stereocenters. The van der Waals surface area contributed by atoms with E-state index in [-0.39, 0.29) is 18.5 Å². The van der Waals surface area contributed by atoms with Crippen molar-refractivity contribution in [1.29, 1.82) is 0 Å². The lowest BCUT2D eigenvalue weighted by Crippen LogP contribution is -2.13. The summed E-state index contributed by atoms with van der Waals surface area (Å²) in [7, 11) is 1.88. The van der Waals surface area contributed by atoms with Gasteiger partial charge in [-0.1, -0.05) is 0 Å². The van der Waals surface area contributed by atoms with Gasteiger partial charge in [-0.25, -0.2) is 0 Å². The monoisotopic (exact) mass is 139 g/mol. The van der Waals surface area contributed by atoms with Crippen molar-refractivity contribution < 1.29 is 5.11 Å². The zero-order valence-electron chi connectivity index (χ0n) is 5.35. The van der Waals surface area contributed by atoms with Crippen LogP contribution in [0.1, 0.15) is 13.3 Å². The molecule has 0 heterocycles. The van der Waals surface area contributed by atoms with E-state index in [0.29, 0.717) is 0 Å². The highest BCUT2D eigenvalue weighted by Crippen LogP contribution is 1.83. The van der Waals surface area contributed by atoms with Crippen LogP contribution in [0.15, 0.2) is 0 Å². The normalized spacial score (nSPS) is 12.4. The number of aliphatic hydroxyl groups is 1. The van der Waals surface area contributed by atoms with Crippen LogP contribution in [0.2, 0.25) is 0 Å². The van der Waals surface area contributed by atoms with Crippen molar-refractivity contribution >= 4 is 12.4 Å². The molecular formula is C5H14ClNO. The maximum atomic E-state index is 8.64. The molecular weight excluding hydrogens is 126 g/mol. The Labute approximate surface area is 56.7 Å². The molecule has 2 N–H and O–H groups in total. The van der Waals surface area contributed by atoms with E-state index in [1.165, 1.54) is 0 Å². The van der Waals surface area contributed by atoms with E-state index in [1.807, 2.05) is 7.05 Å². The van der Waals surface area contributed by atoms with Crippen molar-refractivity contribution in [2.45, 2.75) is 19.4 Å². The molecule has 0 aromatic rings. The second-order valence-electron chi connectivity index (χ2n) is 1.74. The second-order valence-corrected chi connectivity index (χ2v) is 1.74. The average Bonchev–Trinajstić information content (AvgIpc) is 1.61. The highest BCUT2D eigenvalue weighted by Gasteiger charge is 1.89. The number of aliphatic hydroxyl groups excluding tert-OH is 1. The zero-order chi connectivity index (χ0) is 5.70. The van der Waals surface area contributed by atoms with Gasteiger partial charge in [0.2, 0.25) is 0 Å². The Kier molecular flexibility index (Phi) is 9.97. The van der Waals surface area contributed by atoms with Gasteiger partial charge >= 0.3 is 0 Å². The van der Waals surface area contributed by atoms with Crippen molar-refractivity contribution in [3.8, 4) is 0 Å². The third-order valence-electron chi connectivity index (χ3n) is 0.812.